The summed E-state index contributed by atoms with van der Waals surface area (Å²) < 4.78 is 32.9. The highest BCUT2D eigenvalue weighted by molar-refractivity contribution is 7.97. The van der Waals surface area contributed by atoms with Gasteiger partial charge in [-0.3, -0.25) is 0 Å². The fraction of sp³-hybridized carbons (Fsp3) is 0.167. The molecule has 3 rings (SSSR count). The minimum absolute atomic E-state index is 0.0137. The molecule has 3 nitrogen and oxygen atoms in total. The third kappa shape index (κ3) is 3.94. The van der Waals surface area contributed by atoms with Gasteiger partial charge in [-0.15, -0.1) is 0 Å². The summed E-state index contributed by atoms with van der Waals surface area (Å²) in [5.74, 6) is 0.161. The van der Waals surface area contributed by atoms with Gasteiger partial charge in [0.15, 0.2) is 0 Å². The molecule has 0 bridgehead atoms. The van der Waals surface area contributed by atoms with Crippen LogP contribution in [0.25, 0.3) is 0 Å². The highest BCUT2D eigenvalue weighted by Crippen LogP contribution is 2.22. The number of thioether (sulfide) groups is 1. The molecule has 0 aliphatic rings. The van der Waals surface area contributed by atoms with E-state index in [1.165, 1.54) is 30.0 Å². The van der Waals surface area contributed by atoms with Crippen molar-refractivity contribution in [1.29, 1.82) is 0 Å². The van der Waals surface area contributed by atoms with Crippen LogP contribution in [0.1, 0.15) is 16.9 Å². The third-order valence-corrected chi connectivity index (χ3v) is 4.10. The number of nitrogens with zero attached hydrogens (tertiary/aromatic N) is 1. The largest absolute Gasteiger partial charge is 0.428 e. The maximum atomic E-state index is 13.7. The van der Waals surface area contributed by atoms with Gasteiger partial charge in [0, 0.05) is 23.4 Å². The predicted molar refractivity (Wildman–Crippen MR) is 92.6 cm³/mol. The number of anilines is 2. The monoisotopic (exact) mass is 346 g/mol. The van der Waals surface area contributed by atoms with Gasteiger partial charge in [0.1, 0.15) is 17.4 Å². The zero-order chi connectivity index (χ0) is 16.9. The van der Waals surface area contributed by atoms with Crippen molar-refractivity contribution in [3.8, 4) is 0 Å². The normalized spacial score (nSPS) is 10.8. The predicted octanol–water partition coefficient (Wildman–Crippen LogP) is 5.15. The van der Waals surface area contributed by atoms with Crippen LogP contribution in [0, 0.1) is 11.6 Å². The standard InChI is InChI=1S/C18H16F2N2OS/c1-24-11-12-5-7-13(8-6-12)22-18-21-10-14(23-18)9-15-16(19)3-2-4-17(15)20/h2-8,10H,9,11H2,1H3,(H,21,22). The van der Waals surface area contributed by atoms with Crippen LogP contribution in [0.5, 0.6) is 0 Å². The molecule has 0 aliphatic carbocycles. The zero-order valence-electron chi connectivity index (χ0n) is 13.1. The summed E-state index contributed by atoms with van der Waals surface area (Å²) in [7, 11) is 0. The van der Waals surface area contributed by atoms with Crippen LogP contribution in [0.2, 0.25) is 0 Å². The Morgan fingerprint density at radius 2 is 1.79 bits per heavy atom. The summed E-state index contributed by atoms with van der Waals surface area (Å²) in [5.41, 5.74) is 2.04. The molecule has 0 unspecified atom stereocenters. The smallest absolute Gasteiger partial charge is 0.299 e. The van der Waals surface area contributed by atoms with Crippen LogP contribution in [0.4, 0.5) is 20.5 Å². The minimum atomic E-state index is -0.592. The number of benzene rings is 2. The van der Waals surface area contributed by atoms with Gasteiger partial charge in [-0.05, 0) is 36.1 Å². The van der Waals surface area contributed by atoms with Crippen molar-refractivity contribution in [2.45, 2.75) is 12.2 Å². The number of nitrogens with one attached hydrogen (secondary N) is 1. The number of hydrogen-bond donors (Lipinski definition) is 1. The number of oxazole rings is 1. The average Bonchev–Trinajstić information content (AvgIpc) is 3.00. The van der Waals surface area contributed by atoms with E-state index in [0.717, 1.165) is 11.4 Å². The highest BCUT2D eigenvalue weighted by atomic mass is 32.2. The van der Waals surface area contributed by atoms with Crippen molar-refractivity contribution in [2.75, 3.05) is 11.6 Å². The molecule has 0 spiro atoms. The maximum Gasteiger partial charge on any atom is 0.299 e. The van der Waals surface area contributed by atoms with E-state index in [1.54, 1.807) is 11.8 Å². The van der Waals surface area contributed by atoms with Gasteiger partial charge < -0.3 is 9.73 Å². The van der Waals surface area contributed by atoms with Gasteiger partial charge in [-0.2, -0.15) is 11.8 Å². The van der Waals surface area contributed by atoms with Crippen LogP contribution in [0.15, 0.2) is 53.1 Å². The molecule has 6 heteroatoms. The average molecular weight is 346 g/mol. The zero-order valence-corrected chi connectivity index (χ0v) is 13.9. The quantitative estimate of drug-likeness (QED) is 0.670. The SMILES string of the molecule is CSCc1ccc(Nc2ncc(Cc3c(F)cccc3F)o2)cc1. The van der Waals surface area contributed by atoms with Crippen molar-refractivity contribution in [3.05, 3.63) is 77.2 Å². The lowest BCUT2D eigenvalue weighted by Crippen LogP contribution is -1.95. The van der Waals surface area contributed by atoms with E-state index >= 15 is 0 Å². The van der Waals surface area contributed by atoms with Gasteiger partial charge in [0.25, 0.3) is 6.01 Å². The summed E-state index contributed by atoms with van der Waals surface area (Å²) in [5, 5.41) is 3.04. The van der Waals surface area contributed by atoms with Crippen LogP contribution in [-0.4, -0.2) is 11.2 Å². The number of halogens is 2. The minimum Gasteiger partial charge on any atom is -0.428 e. The van der Waals surface area contributed by atoms with E-state index in [0.29, 0.717) is 11.8 Å². The Bertz CT molecular complexity index is 798. The van der Waals surface area contributed by atoms with Crippen molar-refractivity contribution in [2.24, 2.45) is 0 Å². The summed E-state index contributed by atoms with van der Waals surface area (Å²) in [6.45, 7) is 0. The van der Waals surface area contributed by atoms with Gasteiger partial charge in [0.05, 0.1) is 6.20 Å². The first-order valence-electron chi connectivity index (χ1n) is 7.38. The Labute approximate surface area is 143 Å². The fourth-order valence-electron chi connectivity index (χ4n) is 2.30. The summed E-state index contributed by atoms with van der Waals surface area (Å²) in [4.78, 5) is 4.10. The highest BCUT2D eigenvalue weighted by Gasteiger charge is 2.12. The van der Waals surface area contributed by atoms with Crippen molar-refractivity contribution < 1.29 is 13.2 Å². The first kappa shape index (κ1) is 16.5. The van der Waals surface area contributed by atoms with E-state index in [4.69, 9.17) is 4.42 Å². The molecule has 0 radical (unpaired) electrons. The molecule has 1 aromatic heterocycles. The molecule has 1 N–H and O–H groups in total. The first-order valence-corrected chi connectivity index (χ1v) is 8.77. The molecule has 1 heterocycles. The van der Waals surface area contributed by atoms with Crippen LogP contribution in [0.3, 0.4) is 0 Å². The number of rotatable bonds is 6. The van der Waals surface area contributed by atoms with Crippen molar-refractivity contribution >= 4 is 23.5 Å². The Kier molecular flexibility index (Phi) is 5.15. The third-order valence-electron chi connectivity index (χ3n) is 3.48. The molecule has 0 saturated carbocycles. The van der Waals surface area contributed by atoms with Crippen LogP contribution < -0.4 is 5.32 Å². The number of aromatic nitrogens is 1. The molecule has 0 saturated heterocycles. The molecule has 124 valence electrons. The molecule has 0 atom stereocenters. The Morgan fingerprint density at radius 3 is 2.46 bits per heavy atom. The summed E-state index contributed by atoms with van der Waals surface area (Å²) in [6.07, 6.45) is 3.54. The molecule has 0 amide bonds. The topological polar surface area (TPSA) is 38.1 Å². The van der Waals surface area contributed by atoms with E-state index in [1.807, 2.05) is 24.3 Å². The lowest BCUT2D eigenvalue weighted by Gasteiger charge is -2.04. The first-order chi connectivity index (χ1) is 11.7. The second kappa shape index (κ2) is 7.49. The Hall–Kier alpha value is -2.34. The summed E-state index contributed by atoms with van der Waals surface area (Å²) >= 11 is 1.76. The fourth-order valence-corrected chi connectivity index (χ4v) is 2.82. The number of hydrogen-bond acceptors (Lipinski definition) is 4. The molecular weight excluding hydrogens is 330 g/mol. The Balaban J connectivity index is 1.69. The van der Waals surface area contributed by atoms with E-state index in [2.05, 4.69) is 16.6 Å². The second-order valence-corrected chi connectivity index (χ2v) is 6.13. The summed E-state index contributed by atoms with van der Waals surface area (Å²) in [6, 6.07) is 12.0. The Morgan fingerprint density at radius 1 is 1.08 bits per heavy atom. The van der Waals surface area contributed by atoms with Gasteiger partial charge in [0.2, 0.25) is 0 Å². The second-order valence-electron chi connectivity index (χ2n) is 5.26. The van der Waals surface area contributed by atoms with Gasteiger partial charge >= 0.3 is 0 Å². The maximum absolute atomic E-state index is 13.7. The lowest BCUT2D eigenvalue weighted by atomic mass is 10.1. The molecular formula is C18H16F2N2OS. The molecule has 3 aromatic rings. The lowest BCUT2D eigenvalue weighted by molar-refractivity contribution is 0.511. The van der Waals surface area contributed by atoms with Crippen LogP contribution in [-0.2, 0) is 12.2 Å². The molecule has 0 aliphatic heterocycles. The van der Waals surface area contributed by atoms with E-state index in [-0.39, 0.29) is 12.0 Å². The molecule has 24 heavy (non-hydrogen) atoms. The van der Waals surface area contributed by atoms with Crippen molar-refractivity contribution in [1.82, 2.24) is 4.98 Å². The van der Waals surface area contributed by atoms with Crippen LogP contribution >= 0.6 is 11.8 Å². The van der Waals surface area contributed by atoms with Gasteiger partial charge in [-0.1, -0.05) is 18.2 Å². The van der Waals surface area contributed by atoms with Crippen molar-refractivity contribution in [3.63, 3.8) is 0 Å². The molecule has 0 fully saturated rings. The van der Waals surface area contributed by atoms with E-state index < -0.39 is 11.6 Å². The van der Waals surface area contributed by atoms with E-state index in [9.17, 15) is 8.78 Å². The van der Waals surface area contributed by atoms with Gasteiger partial charge in [-0.25, -0.2) is 13.8 Å². The molecule has 2 aromatic carbocycles.